The molecule has 0 aliphatic carbocycles. The zero-order valence-electron chi connectivity index (χ0n) is 8.95. The average Bonchev–Trinajstić information content (AvgIpc) is 2.86. The lowest BCUT2D eigenvalue weighted by Gasteiger charge is -1.98. The van der Waals surface area contributed by atoms with E-state index in [2.05, 4.69) is 20.0 Å². The lowest BCUT2D eigenvalue weighted by molar-refractivity contribution is -0.192. The second kappa shape index (κ2) is 5.67. The normalized spacial score (nSPS) is 19.2. The predicted molar refractivity (Wildman–Crippen MR) is 51.0 cm³/mol. The summed E-state index contributed by atoms with van der Waals surface area (Å²) in [5.41, 5.74) is 0. The number of carboxylic acid groups (broad SMARTS) is 1. The fourth-order valence-electron chi connectivity index (χ4n) is 1.31. The number of hydrogen-bond acceptors (Lipinski definition) is 5. The molecule has 0 spiro atoms. The molecule has 0 amide bonds. The van der Waals surface area contributed by atoms with Crippen molar-refractivity contribution in [2.24, 2.45) is 0 Å². The molecular weight excluding hydrogens is 259 g/mol. The summed E-state index contributed by atoms with van der Waals surface area (Å²) >= 11 is 0. The van der Waals surface area contributed by atoms with Gasteiger partial charge in [-0.3, -0.25) is 9.51 Å². The number of rotatable bonds is 1. The minimum absolute atomic E-state index is 0.321. The Bertz CT molecular complexity index is 447. The van der Waals surface area contributed by atoms with Gasteiger partial charge in [-0.2, -0.15) is 13.2 Å². The highest BCUT2D eigenvalue weighted by molar-refractivity contribution is 5.73. The lowest BCUT2D eigenvalue weighted by Crippen LogP contribution is -2.21. The number of carbonyl (C=O) groups is 1. The topological polar surface area (TPSA) is 108 Å². The number of aliphatic carboxylic acids is 1. The summed E-state index contributed by atoms with van der Waals surface area (Å²) in [6.45, 7) is 1.86. The summed E-state index contributed by atoms with van der Waals surface area (Å²) in [7, 11) is 0. The van der Waals surface area contributed by atoms with Gasteiger partial charge in [-0.25, -0.2) is 9.59 Å². The van der Waals surface area contributed by atoms with Gasteiger partial charge in [0.1, 0.15) is 0 Å². The smallest absolute Gasteiger partial charge is 0.475 e. The molecular formula is C8H10F3N3O4. The zero-order chi connectivity index (χ0) is 13.8. The van der Waals surface area contributed by atoms with Crippen molar-refractivity contribution in [2.45, 2.75) is 18.5 Å². The van der Waals surface area contributed by atoms with Crippen LogP contribution in [0.3, 0.4) is 0 Å². The minimum Gasteiger partial charge on any atom is -0.475 e. The Morgan fingerprint density at radius 3 is 2.44 bits per heavy atom. The molecule has 3 N–H and O–H groups in total. The maximum absolute atomic E-state index is 10.6. The van der Waals surface area contributed by atoms with E-state index < -0.39 is 17.9 Å². The Hall–Kier alpha value is -1.84. The van der Waals surface area contributed by atoms with Crippen LogP contribution in [0.5, 0.6) is 0 Å². The quantitative estimate of drug-likeness (QED) is 0.666. The van der Waals surface area contributed by atoms with E-state index in [0.717, 1.165) is 19.5 Å². The first-order valence-corrected chi connectivity index (χ1v) is 4.87. The third kappa shape index (κ3) is 4.20. The number of H-pyrrole nitrogens is 1. The van der Waals surface area contributed by atoms with Gasteiger partial charge in [-0.15, -0.1) is 0 Å². The van der Waals surface area contributed by atoms with Crippen LogP contribution in [0, 0.1) is 0 Å². The van der Waals surface area contributed by atoms with Gasteiger partial charge in [0.15, 0.2) is 5.82 Å². The number of nitrogens with one attached hydrogen (secondary N) is 2. The molecule has 1 aromatic rings. The number of hydrogen-bond donors (Lipinski definition) is 3. The fourth-order valence-corrected chi connectivity index (χ4v) is 1.31. The summed E-state index contributed by atoms with van der Waals surface area (Å²) < 4.78 is 36.1. The molecule has 18 heavy (non-hydrogen) atoms. The summed E-state index contributed by atoms with van der Waals surface area (Å²) in [6, 6.07) is 0. The van der Waals surface area contributed by atoms with Gasteiger partial charge in [0.25, 0.3) is 0 Å². The van der Waals surface area contributed by atoms with Crippen LogP contribution in [-0.2, 0) is 4.79 Å². The van der Waals surface area contributed by atoms with Crippen molar-refractivity contribution in [3.05, 3.63) is 16.4 Å². The average molecular weight is 269 g/mol. The van der Waals surface area contributed by atoms with Crippen LogP contribution in [0.15, 0.2) is 9.32 Å². The number of alkyl halides is 3. The van der Waals surface area contributed by atoms with Crippen LogP contribution >= 0.6 is 0 Å². The van der Waals surface area contributed by atoms with Gasteiger partial charge in [-0.1, -0.05) is 5.16 Å². The number of aromatic nitrogens is 2. The van der Waals surface area contributed by atoms with Gasteiger partial charge < -0.3 is 10.4 Å². The molecule has 0 radical (unpaired) electrons. The highest BCUT2D eigenvalue weighted by atomic mass is 19.4. The first-order valence-electron chi connectivity index (χ1n) is 4.87. The van der Waals surface area contributed by atoms with E-state index in [9.17, 15) is 18.0 Å². The molecule has 2 heterocycles. The Balaban J connectivity index is 0.000000203. The maximum Gasteiger partial charge on any atom is 0.490 e. The van der Waals surface area contributed by atoms with Crippen molar-refractivity contribution in [3.63, 3.8) is 0 Å². The van der Waals surface area contributed by atoms with Crippen LogP contribution in [0.2, 0.25) is 0 Å². The molecule has 7 nitrogen and oxygen atoms in total. The summed E-state index contributed by atoms with van der Waals surface area (Å²) in [5, 5.41) is 13.9. The van der Waals surface area contributed by atoms with Crippen molar-refractivity contribution in [1.29, 1.82) is 0 Å². The number of aromatic amines is 1. The molecule has 2 rings (SSSR count). The molecule has 0 bridgehead atoms. The van der Waals surface area contributed by atoms with E-state index in [1.165, 1.54) is 0 Å². The summed E-state index contributed by atoms with van der Waals surface area (Å²) in [5.74, 6) is -2.24. The van der Waals surface area contributed by atoms with Crippen molar-refractivity contribution >= 4 is 5.97 Å². The van der Waals surface area contributed by atoms with Crippen molar-refractivity contribution in [3.8, 4) is 0 Å². The van der Waals surface area contributed by atoms with Crippen LogP contribution in [0.1, 0.15) is 18.2 Å². The predicted octanol–water partition coefficient (Wildman–Crippen LogP) is 0.0731. The summed E-state index contributed by atoms with van der Waals surface area (Å²) in [6.07, 6.45) is -4.07. The molecule has 1 saturated heterocycles. The third-order valence-corrected chi connectivity index (χ3v) is 2.15. The third-order valence-electron chi connectivity index (χ3n) is 2.15. The van der Waals surface area contributed by atoms with Gasteiger partial charge in [0, 0.05) is 12.5 Å². The zero-order valence-corrected chi connectivity index (χ0v) is 8.95. The highest BCUT2D eigenvalue weighted by Crippen LogP contribution is 2.16. The fraction of sp³-hybridized carbons (Fsp3) is 0.625. The highest BCUT2D eigenvalue weighted by Gasteiger charge is 2.38. The largest absolute Gasteiger partial charge is 0.490 e. The number of nitrogens with zero attached hydrogens (tertiary/aromatic N) is 1. The van der Waals surface area contributed by atoms with Crippen LogP contribution in [-0.4, -0.2) is 40.5 Å². The van der Waals surface area contributed by atoms with E-state index >= 15 is 0 Å². The standard InChI is InChI=1S/C6H9N3O2.C2HF3O2/c10-6-8-5(9-11-6)4-1-2-7-3-4;3-2(4,5)1(6)7/h4,7H,1-3H2,(H,8,9,10);(H,6,7). The van der Waals surface area contributed by atoms with E-state index in [1.54, 1.807) is 0 Å². The maximum atomic E-state index is 10.6. The summed E-state index contributed by atoms with van der Waals surface area (Å²) in [4.78, 5) is 22.0. The Labute approximate surface area is 98.0 Å². The van der Waals surface area contributed by atoms with E-state index in [-0.39, 0.29) is 0 Å². The number of carboxylic acids is 1. The molecule has 0 aromatic carbocycles. The Morgan fingerprint density at radius 2 is 2.11 bits per heavy atom. The SMILES string of the molecule is O=C(O)C(F)(F)F.O=c1[nH]c(C2CCNC2)no1. The van der Waals surface area contributed by atoms with E-state index in [1.807, 2.05) is 0 Å². The lowest BCUT2D eigenvalue weighted by atomic mass is 10.1. The minimum atomic E-state index is -5.08. The second-order valence-corrected chi connectivity index (χ2v) is 3.47. The molecule has 1 atom stereocenters. The number of halogens is 3. The van der Waals surface area contributed by atoms with Crippen molar-refractivity contribution < 1.29 is 27.6 Å². The van der Waals surface area contributed by atoms with Crippen LogP contribution in [0.25, 0.3) is 0 Å². The first kappa shape index (κ1) is 14.2. The van der Waals surface area contributed by atoms with Crippen molar-refractivity contribution in [1.82, 2.24) is 15.5 Å². The molecule has 102 valence electrons. The molecule has 10 heteroatoms. The van der Waals surface area contributed by atoms with Crippen LogP contribution < -0.4 is 11.1 Å². The Kier molecular flexibility index (Phi) is 4.48. The van der Waals surface area contributed by atoms with Crippen LogP contribution in [0.4, 0.5) is 13.2 Å². The van der Waals surface area contributed by atoms with Gasteiger partial charge in [-0.05, 0) is 13.0 Å². The van der Waals surface area contributed by atoms with Gasteiger partial charge in [0.2, 0.25) is 0 Å². The van der Waals surface area contributed by atoms with Crippen molar-refractivity contribution in [2.75, 3.05) is 13.1 Å². The molecule has 1 aliphatic rings. The van der Waals surface area contributed by atoms with Gasteiger partial charge in [0.05, 0.1) is 0 Å². The molecule has 1 fully saturated rings. The first-order chi connectivity index (χ1) is 8.30. The van der Waals surface area contributed by atoms with E-state index in [0.29, 0.717) is 11.7 Å². The second-order valence-electron chi connectivity index (χ2n) is 3.47. The monoisotopic (exact) mass is 269 g/mol. The molecule has 0 saturated carbocycles. The van der Waals surface area contributed by atoms with Gasteiger partial charge >= 0.3 is 17.9 Å². The molecule has 1 aliphatic heterocycles. The Morgan fingerprint density at radius 1 is 1.50 bits per heavy atom. The molecule has 1 unspecified atom stereocenters. The van der Waals surface area contributed by atoms with E-state index in [4.69, 9.17) is 9.90 Å². The molecule has 1 aromatic heterocycles.